The number of aromatic nitrogens is 3. The van der Waals surface area contributed by atoms with Gasteiger partial charge in [-0.25, -0.2) is 4.39 Å². The normalized spacial score (nSPS) is 10.8. The highest BCUT2D eigenvalue weighted by atomic mass is 19.1. The van der Waals surface area contributed by atoms with Crippen molar-refractivity contribution in [2.75, 3.05) is 0 Å². The van der Waals surface area contributed by atoms with Crippen LogP contribution in [0, 0.1) is 12.7 Å². The van der Waals surface area contributed by atoms with Crippen molar-refractivity contribution >= 4 is 5.91 Å². The van der Waals surface area contributed by atoms with Crippen LogP contribution in [0.15, 0.2) is 71.4 Å². The molecular formula is C22H19FN4O2. The van der Waals surface area contributed by atoms with Gasteiger partial charge < -0.3 is 14.4 Å². The summed E-state index contributed by atoms with van der Waals surface area (Å²) in [6.07, 6.45) is 1.76. The summed E-state index contributed by atoms with van der Waals surface area (Å²) >= 11 is 0. The Morgan fingerprint density at radius 1 is 1.10 bits per heavy atom. The molecule has 1 amide bonds. The molecule has 0 spiro atoms. The van der Waals surface area contributed by atoms with Crippen molar-refractivity contribution in [2.45, 2.75) is 20.0 Å². The van der Waals surface area contributed by atoms with Gasteiger partial charge in [-0.2, -0.15) is 4.98 Å². The Labute approximate surface area is 167 Å². The van der Waals surface area contributed by atoms with Crippen LogP contribution in [0.1, 0.15) is 11.1 Å². The first-order valence-corrected chi connectivity index (χ1v) is 9.16. The first-order chi connectivity index (χ1) is 14.1. The Kier molecular flexibility index (Phi) is 5.20. The van der Waals surface area contributed by atoms with E-state index in [2.05, 4.69) is 15.5 Å². The number of amides is 1. The molecule has 4 aromatic rings. The van der Waals surface area contributed by atoms with Crippen molar-refractivity contribution in [1.29, 1.82) is 0 Å². The van der Waals surface area contributed by atoms with Gasteiger partial charge in [0.1, 0.15) is 18.1 Å². The van der Waals surface area contributed by atoms with Gasteiger partial charge >= 0.3 is 0 Å². The van der Waals surface area contributed by atoms with Crippen LogP contribution in [0.5, 0.6) is 0 Å². The molecular weight excluding hydrogens is 371 g/mol. The number of hydrogen-bond acceptors (Lipinski definition) is 4. The Morgan fingerprint density at radius 3 is 2.69 bits per heavy atom. The molecule has 7 heteroatoms. The number of carbonyl (C=O) groups is 1. The number of nitrogens with one attached hydrogen (secondary N) is 1. The summed E-state index contributed by atoms with van der Waals surface area (Å²) in [7, 11) is 0. The Bertz CT molecular complexity index is 1130. The average Bonchev–Trinajstić information content (AvgIpc) is 3.37. The monoisotopic (exact) mass is 390 g/mol. The van der Waals surface area contributed by atoms with Crippen LogP contribution in [0.3, 0.4) is 0 Å². The Hall–Kier alpha value is -3.74. The highest BCUT2D eigenvalue weighted by Crippen LogP contribution is 2.23. The minimum atomic E-state index is -0.344. The SMILES string of the molecule is Cc1ccc(-c2noc(-c3cccn3CC(=O)NCc3ccccc3F)n2)cc1. The van der Waals surface area contributed by atoms with Gasteiger partial charge in [-0.05, 0) is 25.1 Å². The number of hydrogen-bond donors (Lipinski definition) is 1. The molecule has 0 aliphatic heterocycles. The highest BCUT2D eigenvalue weighted by Gasteiger charge is 2.15. The zero-order chi connectivity index (χ0) is 20.2. The molecule has 2 aromatic carbocycles. The molecule has 0 fully saturated rings. The van der Waals surface area contributed by atoms with Gasteiger partial charge in [-0.1, -0.05) is 53.2 Å². The first kappa shape index (κ1) is 18.6. The average molecular weight is 390 g/mol. The van der Waals surface area contributed by atoms with E-state index in [0.717, 1.165) is 11.1 Å². The lowest BCUT2D eigenvalue weighted by Crippen LogP contribution is -2.27. The fraction of sp³-hybridized carbons (Fsp3) is 0.136. The van der Waals surface area contributed by atoms with E-state index in [1.807, 2.05) is 31.2 Å². The Balaban J connectivity index is 1.45. The number of benzene rings is 2. The van der Waals surface area contributed by atoms with E-state index < -0.39 is 0 Å². The minimum Gasteiger partial charge on any atom is -0.350 e. The summed E-state index contributed by atoms with van der Waals surface area (Å²) in [6, 6.07) is 17.8. The van der Waals surface area contributed by atoms with Crippen molar-refractivity contribution in [3.05, 3.63) is 83.8 Å². The predicted octanol–water partition coefficient (Wildman–Crippen LogP) is 3.97. The number of halogens is 1. The van der Waals surface area contributed by atoms with E-state index in [4.69, 9.17) is 4.52 Å². The van der Waals surface area contributed by atoms with Crippen molar-refractivity contribution in [3.8, 4) is 23.0 Å². The van der Waals surface area contributed by atoms with Gasteiger partial charge in [-0.3, -0.25) is 4.79 Å². The molecule has 0 bridgehead atoms. The van der Waals surface area contributed by atoms with Crippen molar-refractivity contribution in [3.63, 3.8) is 0 Å². The molecule has 1 N–H and O–H groups in total. The van der Waals surface area contributed by atoms with Gasteiger partial charge in [0.15, 0.2) is 0 Å². The molecule has 6 nitrogen and oxygen atoms in total. The second-order valence-corrected chi connectivity index (χ2v) is 6.68. The topological polar surface area (TPSA) is 73.0 Å². The zero-order valence-electron chi connectivity index (χ0n) is 15.8. The van der Waals surface area contributed by atoms with E-state index >= 15 is 0 Å². The minimum absolute atomic E-state index is 0.0546. The maximum absolute atomic E-state index is 13.7. The third-order valence-corrected chi connectivity index (χ3v) is 4.53. The number of aryl methyl sites for hydroxylation is 1. The van der Waals surface area contributed by atoms with E-state index in [0.29, 0.717) is 23.0 Å². The smallest absolute Gasteiger partial charge is 0.274 e. The number of rotatable bonds is 6. The van der Waals surface area contributed by atoms with E-state index in [9.17, 15) is 9.18 Å². The molecule has 0 radical (unpaired) electrons. The maximum Gasteiger partial charge on any atom is 0.274 e. The molecule has 0 saturated heterocycles. The largest absolute Gasteiger partial charge is 0.350 e. The van der Waals surface area contributed by atoms with E-state index in [1.165, 1.54) is 6.07 Å². The van der Waals surface area contributed by atoms with Crippen LogP contribution in [-0.4, -0.2) is 20.6 Å². The van der Waals surface area contributed by atoms with Crippen LogP contribution < -0.4 is 5.32 Å². The van der Waals surface area contributed by atoms with Gasteiger partial charge in [-0.15, -0.1) is 0 Å². The van der Waals surface area contributed by atoms with E-state index in [-0.39, 0.29) is 24.8 Å². The van der Waals surface area contributed by atoms with Crippen molar-refractivity contribution in [1.82, 2.24) is 20.0 Å². The number of nitrogens with zero attached hydrogens (tertiary/aromatic N) is 3. The standard InChI is InChI=1S/C22H19FN4O2/c1-15-8-10-16(11-9-15)21-25-22(29-26-21)19-7-4-12-27(19)14-20(28)24-13-17-5-2-3-6-18(17)23/h2-12H,13-14H2,1H3,(H,24,28). The zero-order valence-corrected chi connectivity index (χ0v) is 15.8. The molecule has 2 heterocycles. The van der Waals surface area contributed by atoms with Crippen LogP contribution in [0.25, 0.3) is 23.0 Å². The van der Waals surface area contributed by atoms with Gasteiger partial charge in [0.25, 0.3) is 5.89 Å². The van der Waals surface area contributed by atoms with Gasteiger partial charge in [0.2, 0.25) is 11.7 Å². The van der Waals surface area contributed by atoms with Gasteiger partial charge in [0.05, 0.1) is 0 Å². The second-order valence-electron chi connectivity index (χ2n) is 6.68. The third kappa shape index (κ3) is 4.24. The number of carbonyl (C=O) groups excluding carboxylic acids is 1. The molecule has 4 rings (SSSR count). The summed E-state index contributed by atoms with van der Waals surface area (Å²) in [4.78, 5) is 16.8. The van der Waals surface area contributed by atoms with Crippen molar-refractivity contribution < 1.29 is 13.7 Å². The molecule has 29 heavy (non-hydrogen) atoms. The lowest BCUT2D eigenvalue weighted by molar-refractivity contribution is -0.121. The summed E-state index contributed by atoms with van der Waals surface area (Å²) in [5, 5.41) is 6.76. The molecule has 0 aliphatic rings. The quantitative estimate of drug-likeness (QED) is 0.541. The molecule has 2 aromatic heterocycles. The van der Waals surface area contributed by atoms with Crippen LogP contribution in [0.2, 0.25) is 0 Å². The third-order valence-electron chi connectivity index (χ3n) is 4.53. The summed E-state index contributed by atoms with van der Waals surface area (Å²) in [6.45, 7) is 2.19. The maximum atomic E-state index is 13.7. The van der Waals surface area contributed by atoms with Crippen LogP contribution >= 0.6 is 0 Å². The van der Waals surface area contributed by atoms with Crippen molar-refractivity contribution in [2.24, 2.45) is 0 Å². The summed E-state index contributed by atoms with van der Waals surface area (Å²) in [5.41, 5.74) is 3.07. The lowest BCUT2D eigenvalue weighted by atomic mass is 10.1. The lowest BCUT2D eigenvalue weighted by Gasteiger charge is -2.08. The summed E-state index contributed by atoms with van der Waals surface area (Å²) < 4.78 is 20.8. The molecule has 0 atom stereocenters. The van der Waals surface area contributed by atoms with E-state index in [1.54, 1.807) is 41.1 Å². The predicted molar refractivity (Wildman–Crippen MR) is 106 cm³/mol. The summed E-state index contributed by atoms with van der Waals surface area (Å²) in [5.74, 6) is 0.220. The van der Waals surface area contributed by atoms with Gasteiger partial charge in [0, 0.05) is 23.9 Å². The first-order valence-electron chi connectivity index (χ1n) is 9.16. The molecule has 0 unspecified atom stereocenters. The molecule has 0 aliphatic carbocycles. The molecule has 0 saturated carbocycles. The van der Waals surface area contributed by atoms with Crippen LogP contribution in [-0.2, 0) is 17.9 Å². The highest BCUT2D eigenvalue weighted by molar-refractivity contribution is 5.76. The van der Waals surface area contributed by atoms with Crippen LogP contribution in [0.4, 0.5) is 4.39 Å². The molecule has 146 valence electrons. The Morgan fingerprint density at radius 2 is 1.90 bits per heavy atom. The second kappa shape index (κ2) is 8.10. The fourth-order valence-corrected chi connectivity index (χ4v) is 2.94. The fourth-order valence-electron chi connectivity index (χ4n) is 2.94.